The Kier molecular flexibility index (Phi) is 8.39. The van der Waals surface area contributed by atoms with Gasteiger partial charge in [0.05, 0.1) is 26.6 Å². The fraction of sp³-hybridized carbons (Fsp3) is 0.524. The number of carbonyl (C=O) groups is 2. The standard InChI is InChI=1S/C21H30O4/c1-7-9-16-10-15(5)11-17(12-20(23)25-8-2)21(14(3)4)18(16)13-19(22)24-6/h3,5,7-13H2,1-2,4,6H3. The number of rotatable bonds is 8. The number of ether oxygens (including phenoxy) is 2. The molecule has 0 aromatic carbocycles. The van der Waals surface area contributed by atoms with Gasteiger partial charge in [0.2, 0.25) is 0 Å². The second-order valence-corrected chi connectivity index (χ2v) is 6.43. The molecule has 25 heavy (non-hydrogen) atoms. The Labute approximate surface area is 151 Å². The molecular weight excluding hydrogens is 316 g/mol. The summed E-state index contributed by atoms with van der Waals surface area (Å²) in [6.45, 7) is 14.4. The molecule has 1 aliphatic carbocycles. The van der Waals surface area contributed by atoms with Gasteiger partial charge in [-0.1, -0.05) is 43.2 Å². The first-order valence-electron chi connectivity index (χ1n) is 8.82. The number of allylic oxidation sites excluding steroid dienone is 4. The van der Waals surface area contributed by atoms with Crippen LogP contribution in [0.5, 0.6) is 0 Å². The summed E-state index contributed by atoms with van der Waals surface area (Å²) in [7, 11) is 1.39. The molecule has 0 N–H and O–H groups in total. The summed E-state index contributed by atoms with van der Waals surface area (Å²) in [5.74, 6) is -0.550. The smallest absolute Gasteiger partial charge is 0.309 e. The summed E-state index contributed by atoms with van der Waals surface area (Å²) in [5.41, 5.74) is 5.87. The first-order chi connectivity index (χ1) is 11.8. The SMILES string of the molecule is C=C1CC(CCC)=C(CC(=O)OC)C(C(=C)C)=C(CC(=O)OCC)C1. The number of hydrogen-bond donors (Lipinski definition) is 0. The van der Waals surface area contributed by atoms with Crippen LogP contribution >= 0.6 is 0 Å². The maximum absolute atomic E-state index is 12.1. The van der Waals surface area contributed by atoms with E-state index in [1.807, 2.05) is 6.92 Å². The number of methoxy groups -OCH3 is 1. The van der Waals surface area contributed by atoms with Crippen molar-refractivity contribution in [1.29, 1.82) is 0 Å². The van der Waals surface area contributed by atoms with Gasteiger partial charge in [-0.3, -0.25) is 9.59 Å². The van der Waals surface area contributed by atoms with Gasteiger partial charge in [-0.2, -0.15) is 0 Å². The van der Waals surface area contributed by atoms with Crippen LogP contribution in [0.1, 0.15) is 59.3 Å². The molecule has 0 atom stereocenters. The van der Waals surface area contributed by atoms with Crippen molar-refractivity contribution in [2.45, 2.75) is 59.3 Å². The van der Waals surface area contributed by atoms with Crippen LogP contribution in [0.2, 0.25) is 0 Å². The van der Waals surface area contributed by atoms with Gasteiger partial charge in [0.25, 0.3) is 0 Å². The number of esters is 2. The third-order valence-corrected chi connectivity index (χ3v) is 4.20. The van der Waals surface area contributed by atoms with E-state index in [0.717, 1.165) is 47.1 Å². The minimum atomic E-state index is -0.287. The van der Waals surface area contributed by atoms with Crippen molar-refractivity contribution in [3.05, 3.63) is 46.6 Å². The molecule has 0 unspecified atom stereocenters. The van der Waals surface area contributed by atoms with Gasteiger partial charge in [0.15, 0.2) is 0 Å². The summed E-state index contributed by atoms with van der Waals surface area (Å²) in [6, 6.07) is 0. The van der Waals surface area contributed by atoms with E-state index in [4.69, 9.17) is 9.47 Å². The van der Waals surface area contributed by atoms with Crippen molar-refractivity contribution in [3.8, 4) is 0 Å². The maximum atomic E-state index is 12.1. The highest BCUT2D eigenvalue weighted by atomic mass is 16.5. The van der Waals surface area contributed by atoms with Crippen LogP contribution in [0.3, 0.4) is 0 Å². The molecule has 0 saturated heterocycles. The van der Waals surface area contributed by atoms with E-state index in [1.165, 1.54) is 12.7 Å². The van der Waals surface area contributed by atoms with E-state index in [2.05, 4.69) is 20.1 Å². The van der Waals surface area contributed by atoms with Gasteiger partial charge in [-0.05, 0) is 49.8 Å². The van der Waals surface area contributed by atoms with Crippen molar-refractivity contribution in [2.24, 2.45) is 0 Å². The van der Waals surface area contributed by atoms with E-state index in [0.29, 0.717) is 13.0 Å². The third kappa shape index (κ3) is 6.04. The van der Waals surface area contributed by atoms with E-state index in [-0.39, 0.29) is 24.8 Å². The molecule has 0 aromatic heterocycles. The van der Waals surface area contributed by atoms with Crippen LogP contribution in [0, 0.1) is 0 Å². The predicted molar refractivity (Wildman–Crippen MR) is 100 cm³/mol. The molecule has 0 aliphatic heterocycles. The Bertz CT molecular complexity index is 620. The van der Waals surface area contributed by atoms with E-state index in [9.17, 15) is 9.59 Å². The molecular formula is C21H30O4. The van der Waals surface area contributed by atoms with Gasteiger partial charge < -0.3 is 9.47 Å². The quantitative estimate of drug-likeness (QED) is 0.467. The molecule has 0 spiro atoms. The van der Waals surface area contributed by atoms with Gasteiger partial charge >= 0.3 is 11.9 Å². The van der Waals surface area contributed by atoms with Crippen LogP contribution in [0.15, 0.2) is 46.6 Å². The topological polar surface area (TPSA) is 52.6 Å². The summed E-state index contributed by atoms with van der Waals surface area (Å²) >= 11 is 0. The minimum absolute atomic E-state index is 0.188. The molecule has 0 saturated carbocycles. The van der Waals surface area contributed by atoms with Crippen LogP contribution in [0.4, 0.5) is 0 Å². The van der Waals surface area contributed by atoms with Crippen molar-refractivity contribution in [1.82, 2.24) is 0 Å². The Morgan fingerprint density at radius 3 is 2.24 bits per heavy atom. The molecule has 0 amide bonds. The van der Waals surface area contributed by atoms with Crippen molar-refractivity contribution < 1.29 is 19.1 Å². The average Bonchev–Trinajstić information content (AvgIpc) is 2.64. The first-order valence-corrected chi connectivity index (χ1v) is 8.82. The lowest BCUT2D eigenvalue weighted by atomic mass is 9.87. The number of hydrogen-bond acceptors (Lipinski definition) is 4. The zero-order valence-electron chi connectivity index (χ0n) is 16.0. The lowest BCUT2D eigenvalue weighted by Gasteiger charge is -2.18. The Morgan fingerprint density at radius 1 is 1.08 bits per heavy atom. The van der Waals surface area contributed by atoms with Crippen molar-refractivity contribution in [2.75, 3.05) is 13.7 Å². The molecule has 0 bridgehead atoms. The van der Waals surface area contributed by atoms with E-state index >= 15 is 0 Å². The van der Waals surface area contributed by atoms with Crippen LogP contribution < -0.4 is 0 Å². The van der Waals surface area contributed by atoms with Crippen molar-refractivity contribution in [3.63, 3.8) is 0 Å². The summed E-state index contributed by atoms with van der Waals surface area (Å²) in [5, 5.41) is 0. The zero-order valence-corrected chi connectivity index (χ0v) is 16.0. The molecule has 0 heterocycles. The highest BCUT2D eigenvalue weighted by Crippen LogP contribution is 2.39. The van der Waals surface area contributed by atoms with Crippen molar-refractivity contribution >= 4 is 11.9 Å². The Balaban J connectivity index is 3.49. The fourth-order valence-corrected chi connectivity index (χ4v) is 3.32. The van der Waals surface area contributed by atoms with E-state index < -0.39 is 0 Å². The predicted octanol–water partition coefficient (Wildman–Crippen LogP) is 4.82. The molecule has 138 valence electrons. The molecule has 0 fully saturated rings. The lowest BCUT2D eigenvalue weighted by molar-refractivity contribution is -0.142. The van der Waals surface area contributed by atoms with Gasteiger partial charge in [0, 0.05) is 0 Å². The summed E-state index contributed by atoms with van der Waals surface area (Å²) < 4.78 is 10.0. The van der Waals surface area contributed by atoms with Crippen LogP contribution in [-0.4, -0.2) is 25.7 Å². The largest absolute Gasteiger partial charge is 0.469 e. The average molecular weight is 346 g/mol. The second kappa shape index (κ2) is 10.0. The fourth-order valence-electron chi connectivity index (χ4n) is 3.32. The first kappa shape index (κ1) is 20.9. The Hall–Kier alpha value is -2.10. The van der Waals surface area contributed by atoms with Gasteiger partial charge in [-0.25, -0.2) is 0 Å². The normalized spacial score (nSPS) is 15.1. The van der Waals surface area contributed by atoms with E-state index in [1.54, 1.807) is 6.92 Å². The highest BCUT2D eigenvalue weighted by Gasteiger charge is 2.25. The lowest BCUT2D eigenvalue weighted by Crippen LogP contribution is -2.10. The zero-order chi connectivity index (χ0) is 19.0. The second-order valence-electron chi connectivity index (χ2n) is 6.43. The minimum Gasteiger partial charge on any atom is -0.469 e. The molecule has 1 rings (SSSR count). The number of carbonyl (C=O) groups excluding carboxylic acids is 2. The van der Waals surface area contributed by atoms with Gasteiger partial charge in [-0.15, -0.1) is 0 Å². The summed E-state index contributed by atoms with van der Waals surface area (Å²) in [4.78, 5) is 24.1. The maximum Gasteiger partial charge on any atom is 0.309 e. The van der Waals surface area contributed by atoms with Gasteiger partial charge in [0.1, 0.15) is 0 Å². The Morgan fingerprint density at radius 2 is 1.72 bits per heavy atom. The molecule has 4 heteroatoms. The molecule has 4 nitrogen and oxygen atoms in total. The highest BCUT2D eigenvalue weighted by molar-refractivity contribution is 5.78. The van der Waals surface area contributed by atoms with Crippen LogP contribution in [-0.2, 0) is 19.1 Å². The molecule has 1 aliphatic rings. The molecule has 0 aromatic rings. The van der Waals surface area contributed by atoms with Crippen LogP contribution in [0.25, 0.3) is 0 Å². The third-order valence-electron chi connectivity index (χ3n) is 4.20. The monoisotopic (exact) mass is 346 g/mol. The molecule has 0 radical (unpaired) electrons. The summed E-state index contributed by atoms with van der Waals surface area (Å²) in [6.07, 6.45) is 3.60.